The zero-order valence-electron chi connectivity index (χ0n) is 11.6. The maximum atomic E-state index is 12.5. The lowest BCUT2D eigenvalue weighted by Crippen LogP contribution is -2.45. The van der Waals surface area contributed by atoms with E-state index >= 15 is 0 Å². The van der Waals surface area contributed by atoms with E-state index in [2.05, 4.69) is 31.1 Å². The summed E-state index contributed by atoms with van der Waals surface area (Å²) in [5.41, 5.74) is 1.59. The molecule has 1 aliphatic rings. The number of anilines is 3. The SMILES string of the molecule is CN1CCN(C(=O)Nc2ccccc2Br)c2cccnc21. The van der Waals surface area contributed by atoms with Crippen molar-refractivity contribution in [3.05, 3.63) is 47.1 Å². The van der Waals surface area contributed by atoms with Crippen molar-refractivity contribution in [1.82, 2.24) is 4.98 Å². The van der Waals surface area contributed by atoms with Crippen molar-refractivity contribution in [2.45, 2.75) is 0 Å². The van der Waals surface area contributed by atoms with E-state index in [9.17, 15) is 4.79 Å². The van der Waals surface area contributed by atoms with Gasteiger partial charge in [-0.3, -0.25) is 4.90 Å². The van der Waals surface area contributed by atoms with Crippen LogP contribution in [0.25, 0.3) is 0 Å². The van der Waals surface area contributed by atoms with Crippen LogP contribution in [0.3, 0.4) is 0 Å². The summed E-state index contributed by atoms with van der Waals surface area (Å²) >= 11 is 3.44. The Balaban J connectivity index is 1.86. The molecule has 2 aromatic rings. The molecule has 0 atom stereocenters. The van der Waals surface area contributed by atoms with Gasteiger partial charge in [-0.25, -0.2) is 9.78 Å². The molecule has 2 amide bonds. The van der Waals surface area contributed by atoms with E-state index < -0.39 is 0 Å². The van der Waals surface area contributed by atoms with Gasteiger partial charge in [-0.1, -0.05) is 12.1 Å². The van der Waals surface area contributed by atoms with Gasteiger partial charge in [0, 0.05) is 30.8 Å². The van der Waals surface area contributed by atoms with Crippen LogP contribution in [-0.4, -0.2) is 31.2 Å². The Kier molecular flexibility index (Phi) is 3.79. The fourth-order valence-electron chi connectivity index (χ4n) is 2.33. The highest BCUT2D eigenvalue weighted by Gasteiger charge is 2.26. The first kappa shape index (κ1) is 13.9. The Morgan fingerprint density at radius 3 is 2.86 bits per heavy atom. The molecule has 108 valence electrons. The van der Waals surface area contributed by atoms with Crippen LogP contribution in [0.2, 0.25) is 0 Å². The highest BCUT2D eigenvalue weighted by atomic mass is 79.9. The Morgan fingerprint density at radius 1 is 1.24 bits per heavy atom. The van der Waals surface area contributed by atoms with Gasteiger partial charge >= 0.3 is 6.03 Å². The molecule has 6 heteroatoms. The minimum Gasteiger partial charge on any atom is -0.356 e. The number of benzene rings is 1. The molecule has 0 bridgehead atoms. The molecule has 21 heavy (non-hydrogen) atoms. The number of rotatable bonds is 1. The number of nitrogens with one attached hydrogen (secondary N) is 1. The van der Waals surface area contributed by atoms with Gasteiger partial charge < -0.3 is 10.2 Å². The summed E-state index contributed by atoms with van der Waals surface area (Å²) in [5.74, 6) is 0.825. The van der Waals surface area contributed by atoms with E-state index in [-0.39, 0.29) is 6.03 Å². The lowest BCUT2D eigenvalue weighted by molar-refractivity contribution is 0.257. The minimum atomic E-state index is -0.149. The maximum absolute atomic E-state index is 12.5. The van der Waals surface area contributed by atoms with Crippen molar-refractivity contribution >= 4 is 39.2 Å². The van der Waals surface area contributed by atoms with E-state index in [0.717, 1.165) is 28.2 Å². The molecule has 3 rings (SSSR count). The van der Waals surface area contributed by atoms with Gasteiger partial charge in [-0.15, -0.1) is 0 Å². The Morgan fingerprint density at radius 2 is 2.05 bits per heavy atom. The summed E-state index contributed by atoms with van der Waals surface area (Å²) in [7, 11) is 1.98. The second kappa shape index (κ2) is 5.73. The highest BCUT2D eigenvalue weighted by Crippen LogP contribution is 2.30. The zero-order valence-corrected chi connectivity index (χ0v) is 13.2. The summed E-state index contributed by atoms with van der Waals surface area (Å²) in [4.78, 5) is 20.7. The lowest BCUT2D eigenvalue weighted by atomic mass is 10.2. The number of urea groups is 1. The smallest absolute Gasteiger partial charge is 0.326 e. The number of carbonyl (C=O) groups excluding carboxylic acids is 1. The average Bonchev–Trinajstić information content (AvgIpc) is 2.50. The summed E-state index contributed by atoms with van der Waals surface area (Å²) in [6.45, 7) is 1.39. The number of nitrogens with zero attached hydrogens (tertiary/aromatic N) is 3. The van der Waals surface area contributed by atoms with E-state index in [1.165, 1.54) is 0 Å². The number of hydrogen-bond donors (Lipinski definition) is 1. The first-order chi connectivity index (χ1) is 10.2. The van der Waals surface area contributed by atoms with Crippen LogP contribution in [0.4, 0.5) is 22.0 Å². The van der Waals surface area contributed by atoms with Crippen molar-refractivity contribution in [2.75, 3.05) is 35.3 Å². The monoisotopic (exact) mass is 346 g/mol. The quantitative estimate of drug-likeness (QED) is 0.861. The average molecular weight is 347 g/mol. The minimum absolute atomic E-state index is 0.149. The molecule has 0 saturated carbocycles. The largest absolute Gasteiger partial charge is 0.356 e. The third kappa shape index (κ3) is 2.71. The number of para-hydroxylation sites is 1. The third-order valence-electron chi connectivity index (χ3n) is 3.44. The van der Waals surface area contributed by atoms with Gasteiger partial charge in [0.1, 0.15) is 0 Å². The van der Waals surface area contributed by atoms with Gasteiger partial charge in [0.15, 0.2) is 5.82 Å². The van der Waals surface area contributed by atoms with Crippen LogP contribution < -0.4 is 15.1 Å². The molecule has 5 nitrogen and oxygen atoms in total. The molecule has 0 saturated heterocycles. The first-order valence-corrected chi connectivity index (χ1v) is 7.45. The number of hydrogen-bond acceptors (Lipinski definition) is 3. The Labute approximate surface area is 131 Å². The number of amides is 2. The van der Waals surface area contributed by atoms with Gasteiger partial charge in [0.05, 0.1) is 11.4 Å². The van der Waals surface area contributed by atoms with E-state index in [4.69, 9.17) is 0 Å². The van der Waals surface area contributed by atoms with Crippen LogP contribution >= 0.6 is 15.9 Å². The number of halogens is 1. The van der Waals surface area contributed by atoms with Gasteiger partial charge in [-0.2, -0.15) is 0 Å². The fourth-order valence-corrected chi connectivity index (χ4v) is 2.71. The van der Waals surface area contributed by atoms with Crippen LogP contribution in [0.15, 0.2) is 47.1 Å². The zero-order chi connectivity index (χ0) is 14.8. The molecular weight excluding hydrogens is 332 g/mol. The Hall–Kier alpha value is -2.08. The molecule has 1 N–H and O–H groups in total. The second-order valence-electron chi connectivity index (χ2n) is 4.83. The molecule has 0 fully saturated rings. The number of fused-ring (bicyclic) bond motifs is 1. The highest BCUT2D eigenvalue weighted by molar-refractivity contribution is 9.10. The van der Waals surface area contributed by atoms with Crippen molar-refractivity contribution in [1.29, 1.82) is 0 Å². The molecule has 0 radical (unpaired) electrons. The number of pyridine rings is 1. The van der Waals surface area contributed by atoms with Crippen molar-refractivity contribution in [3.8, 4) is 0 Å². The second-order valence-corrected chi connectivity index (χ2v) is 5.68. The standard InChI is InChI=1S/C15H15BrN4O/c1-19-9-10-20(13-7-4-8-17-14(13)19)15(21)18-12-6-3-2-5-11(12)16/h2-8H,9-10H2,1H3,(H,18,21). The number of likely N-dealkylation sites (N-methyl/N-ethyl adjacent to an activating group) is 1. The number of aromatic nitrogens is 1. The maximum Gasteiger partial charge on any atom is 0.326 e. The van der Waals surface area contributed by atoms with Crippen molar-refractivity contribution in [2.24, 2.45) is 0 Å². The molecule has 1 aromatic heterocycles. The fraction of sp³-hybridized carbons (Fsp3) is 0.200. The normalized spacial score (nSPS) is 13.8. The molecule has 0 unspecified atom stereocenters. The Bertz CT molecular complexity index is 676. The van der Waals surface area contributed by atoms with Gasteiger partial charge in [0.25, 0.3) is 0 Å². The summed E-state index contributed by atoms with van der Waals surface area (Å²) in [6.07, 6.45) is 1.74. The van der Waals surface area contributed by atoms with Crippen LogP contribution in [0.5, 0.6) is 0 Å². The molecule has 1 aromatic carbocycles. The van der Waals surface area contributed by atoms with E-state index in [1.54, 1.807) is 11.1 Å². The molecule has 1 aliphatic heterocycles. The van der Waals surface area contributed by atoms with Crippen molar-refractivity contribution < 1.29 is 4.79 Å². The van der Waals surface area contributed by atoms with Crippen LogP contribution in [0, 0.1) is 0 Å². The predicted octanol–water partition coefficient (Wildman–Crippen LogP) is 3.33. The van der Waals surface area contributed by atoms with Gasteiger partial charge in [-0.05, 0) is 40.2 Å². The third-order valence-corrected chi connectivity index (χ3v) is 4.13. The molecule has 0 spiro atoms. The topological polar surface area (TPSA) is 48.5 Å². The summed E-state index contributed by atoms with van der Waals surface area (Å²) < 4.78 is 0.860. The van der Waals surface area contributed by atoms with E-state index in [0.29, 0.717) is 6.54 Å². The van der Waals surface area contributed by atoms with Crippen LogP contribution in [0.1, 0.15) is 0 Å². The molecule has 2 heterocycles. The van der Waals surface area contributed by atoms with Crippen LogP contribution in [-0.2, 0) is 0 Å². The van der Waals surface area contributed by atoms with Gasteiger partial charge in [0.2, 0.25) is 0 Å². The molecule has 0 aliphatic carbocycles. The number of carbonyl (C=O) groups is 1. The first-order valence-electron chi connectivity index (χ1n) is 6.66. The summed E-state index contributed by atoms with van der Waals surface area (Å²) in [6, 6.07) is 11.2. The molecular formula is C15H15BrN4O. The predicted molar refractivity (Wildman–Crippen MR) is 88.0 cm³/mol. The summed E-state index contributed by atoms with van der Waals surface area (Å²) in [5, 5.41) is 2.93. The van der Waals surface area contributed by atoms with E-state index in [1.807, 2.05) is 43.4 Å². The van der Waals surface area contributed by atoms with Crippen molar-refractivity contribution in [3.63, 3.8) is 0 Å². The lowest BCUT2D eigenvalue weighted by Gasteiger charge is -2.34.